The molecule has 0 saturated carbocycles. The third-order valence-electron chi connectivity index (χ3n) is 0.806. The minimum Gasteiger partial charge on any atom is -0.301 e. The van der Waals surface area contributed by atoms with Crippen LogP contribution in [0.5, 0.6) is 0 Å². The predicted octanol–water partition coefficient (Wildman–Crippen LogP) is 0.600. The Hall–Kier alpha value is -0.00753. The van der Waals surface area contributed by atoms with Gasteiger partial charge in [0.05, 0.1) is 0 Å². The first kappa shape index (κ1) is 8.99. The number of aliphatic imine (C=N–C) groups is 1. The van der Waals surface area contributed by atoms with Crippen LogP contribution in [0.1, 0.15) is 6.92 Å². The van der Waals surface area contributed by atoms with E-state index in [1.54, 1.807) is 0 Å². The molecule has 0 fully saturated rings. The maximum absolute atomic E-state index is 11.5. The molecule has 0 spiro atoms. The van der Waals surface area contributed by atoms with Gasteiger partial charge in [-0.1, -0.05) is 0 Å². The summed E-state index contributed by atoms with van der Waals surface area (Å²) in [6.07, 6.45) is -4.22. The fourth-order valence-corrected chi connectivity index (χ4v) is 0.801. The second-order valence-corrected chi connectivity index (χ2v) is 2.19. The van der Waals surface area contributed by atoms with Gasteiger partial charge in [0.25, 0.3) is 0 Å². The second kappa shape index (κ2) is 3.23. The fourth-order valence-electron chi connectivity index (χ4n) is 0.327. The summed E-state index contributed by atoms with van der Waals surface area (Å²) in [6.45, 7) is 0.984. The molecule has 0 aromatic rings. The van der Waals surface area contributed by atoms with Crippen LogP contribution in [0.2, 0.25) is 0 Å². The maximum atomic E-state index is 11.5. The predicted molar refractivity (Wildman–Crippen MR) is 32.6 cm³/mol. The molecule has 0 unspecified atom stereocenters. The van der Waals surface area contributed by atoms with Crippen LogP contribution in [0.3, 0.4) is 0 Å². The zero-order chi connectivity index (χ0) is 7.49. The molecule has 9 heavy (non-hydrogen) atoms. The van der Waals surface area contributed by atoms with E-state index in [0.717, 1.165) is 6.92 Å². The average molecular weight is 153 g/mol. The van der Waals surface area contributed by atoms with Gasteiger partial charge in [0.1, 0.15) is 5.71 Å². The van der Waals surface area contributed by atoms with E-state index in [2.05, 4.69) is 4.99 Å². The highest BCUT2D eigenvalue weighted by atomic mass is 27.0. The summed E-state index contributed by atoms with van der Waals surface area (Å²) >= 11 is 0.683. The van der Waals surface area contributed by atoms with Gasteiger partial charge >= 0.3 is 6.18 Å². The van der Waals surface area contributed by atoms with Gasteiger partial charge in [0.15, 0.2) is 0 Å². The average Bonchev–Trinajstić information content (AvgIpc) is 1.64. The Morgan fingerprint density at radius 2 is 2.00 bits per heavy atom. The molecule has 0 aromatic carbocycles. The van der Waals surface area contributed by atoms with E-state index in [0.29, 0.717) is 21.7 Å². The van der Waals surface area contributed by atoms with Crippen molar-refractivity contribution in [2.24, 2.45) is 4.99 Å². The van der Waals surface area contributed by atoms with E-state index >= 15 is 0 Å². The van der Waals surface area contributed by atoms with Crippen molar-refractivity contribution in [3.05, 3.63) is 0 Å². The molecule has 0 aliphatic carbocycles. The Balaban J connectivity index is 4.03. The van der Waals surface area contributed by atoms with Crippen LogP contribution in [0.25, 0.3) is 0 Å². The van der Waals surface area contributed by atoms with Crippen molar-refractivity contribution in [1.29, 1.82) is 0 Å². The van der Waals surface area contributed by atoms with Crippen molar-refractivity contribution in [2.45, 2.75) is 13.1 Å². The molecule has 0 N–H and O–H groups in total. The number of alkyl halides is 3. The molecule has 0 bridgehead atoms. The minimum absolute atomic E-state index is 0.325. The summed E-state index contributed by atoms with van der Waals surface area (Å²) in [4.78, 5) is 3.25. The Kier molecular flexibility index (Phi) is 3.23. The molecule has 0 aliphatic rings. The van der Waals surface area contributed by atoms with Crippen molar-refractivity contribution in [1.82, 2.24) is 0 Å². The number of rotatable bonds is 1. The molecular weight excluding hydrogens is 146 g/mol. The summed E-state index contributed by atoms with van der Waals surface area (Å²) in [7, 11) is 0. The van der Waals surface area contributed by atoms with Gasteiger partial charge in [-0.3, -0.25) is 0 Å². The van der Waals surface area contributed by atoms with Crippen LogP contribution in [0.4, 0.5) is 13.2 Å². The van der Waals surface area contributed by atoms with Gasteiger partial charge < -0.3 is 4.99 Å². The van der Waals surface area contributed by atoms with Crippen LogP contribution < -0.4 is 0 Å². The summed E-state index contributed by atoms with van der Waals surface area (Å²) in [5.41, 5.74) is -0.725. The molecule has 52 valence electrons. The van der Waals surface area contributed by atoms with E-state index in [-0.39, 0.29) is 0 Å². The van der Waals surface area contributed by atoms with E-state index in [1.165, 1.54) is 0 Å². The largest absolute Gasteiger partial charge is 0.428 e. The normalized spacial score (nSPS) is 14.0. The van der Waals surface area contributed by atoms with E-state index in [1.807, 2.05) is 0 Å². The Morgan fingerprint density at radius 1 is 1.56 bits per heavy atom. The number of halogens is 3. The van der Waals surface area contributed by atoms with Gasteiger partial charge in [-0.25, -0.2) is 0 Å². The van der Waals surface area contributed by atoms with Gasteiger partial charge in [-0.15, -0.1) is 0 Å². The molecule has 1 nitrogen and oxygen atoms in total. The van der Waals surface area contributed by atoms with Gasteiger partial charge in [-0.05, 0) is 12.3 Å². The van der Waals surface area contributed by atoms with Crippen molar-refractivity contribution < 1.29 is 13.2 Å². The summed E-state index contributed by atoms with van der Waals surface area (Å²) in [5, 5.41) is 0.325. The lowest BCUT2D eigenvalue weighted by Gasteiger charge is -2.03. The molecular formula is C4H7AlF3N. The summed E-state index contributed by atoms with van der Waals surface area (Å²) in [6, 6.07) is 0. The smallest absolute Gasteiger partial charge is 0.301 e. The first-order valence-electron chi connectivity index (χ1n) is 2.56. The molecule has 0 atom stereocenters. The van der Waals surface area contributed by atoms with Crippen molar-refractivity contribution in [3.8, 4) is 0 Å². The van der Waals surface area contributed by atoms with Crippen LogP contribution in [-0.2, 0) is 0 Å². The highest BCUT2D eigenvalue weighted by Crippen LogP contribution is 2.16. The lowest BCUT2D eigenvalue weighted by atomic mass is 10.4. The molecule has 0 aliphatic heterocycles. The van der Waals surface area contributed by atoms with Crippen LogP contribution in [0, 0.1) is 0 Å². The van der Waals surface area contributed by atoms with Crippen molar-refractivity contribution in [3.63, 3.8) is 0 Å². The molecule has 5 heteroatoms. The van der Waals surface area contributed by atoms with E-state index in [9.17, 15) is 13.2 Å². The maximum Gasteiger partial charge on any atom is 0.428 e. The Labute approximate surface area is 59.4 Å². The second-order valence-electron chi connectivity index (χ2n) is 1.56. The van der Waals surface area contributed by atoms with Gasteiger partial charge in [0, 0.05) is 0 Å². The number of hydrogen-bond acceptors (Lipinski definition) is 1. The van der Waals surface area contributed by atoms with Gasteiger partial charge in [0.2, 0.25) is 16.3 Å². The lowest BCUT2D eigenvalue weighted by Crippen LogP contribution is -2.19. The lowest BCUT2D eigenvalue weighted by molar-refractivity contribution is -0.0593. The highest BCUT2D eigenvalue weighted by molar-refractivity contribution is 6.09. The van der Waals surface area contributed by atoms with Crippen LogP contribution in [-0.4, -0.2) is 33.6 Å². The third-order valence-corrected chi connectivity index (χ3v) is 1.12. The quantitative estimate of drug-likeness (QED) is 0.386. The molecule has 0 amide bonds. The number of nitrogens with zero attached hydrogens (tertiary/aromatic N) is 1. The van der Waals surface area contributed by atoms with E-state index in [4.69, 9.17) is 0 Å². The summed E-state index contributed by atoms with van der Waals surface area (Å²) in [5.74, 6) is 0. The third kappa shape index (κ3) is 3.55. The Bertz CT molecular complexity index is 117. The van der Waals surface area contributed by atoms with E-state index < -0.39 is 11.9 Å². The fraction of sp³-hybridized carbons (Fsp3) is 0.750. The Morgan fingerprint density at radius 3 is 2.11 bits per heavy atom. The minimum atomic E-state index is -4.22. The molecule has 0 saturated heterocycles. The highest BCUT2D eigenvalue weighted by Gasteiger charge is 2.31. The molecule has 0 rings (SSSR count). The SMILES string of the molecule is CC(=N[CH2][AlH2])C(F)(F)F. The molecule has 0 aromatic heterocycles. The molecule has 0 heterocycles. The first-order valence-corrected chi connectivity index (χ1v) is 3.98. The van der Waals surface area contributed by atoms with Crippen LogP contribution >= 0.6 is 0 Å². The molecule has 0 radical (unpaired) electrons. The monoisotopic (exact) mass is 153 g/mol. The zero-order valence-corrected chi connectivity index (χ0v) is 7.29. The standard InChI is InChI=1S/C4H5F3N.Al.2H/c1-3(8-2)4(5,6)7;;;/h2H2,1H3;;;. The van der Waals surface area contributed by atoms with Crippen molar-refractivity contribution in [2.75, 3.05) is 5.41 Å². The zero-order valence-electron chi connectivity index (χ0n) is 5.29. The van der Waals surface area contributed by atoms with Gasteiger partial charge in [-0.2, -0.15) is 13.2 Å². The topological polar surface area (TPSA) is 12.4 Å². The van der Waals surface area contributed by atoms with Crippen LogP contribution in [0.15, 0.2) is 4.99 Å². The summed E-state index contributed by atoms with van der Waals surface area (Å²) < 4.78 is 34.6. The first-order chi connectivity index (χ1) is 3.98. The number of hydrogen-bond donors (Lipinski definition) is 0. The van der Waals surface area contributed by atoms with Crippen molar-refractivity contribution >= 4 is 22.0 Å².